The Hall–Kier alpha value is -3.13. The standard InChI is InChI=1S/C22H17F3N2O2S/c1-13-7-8-17-16(10-13)20(18-6-3-9-30-18)27(12-19(28)26-17)21(29)14-4-2-5-15(11-14)22(23,24)25/h2-11,20H,12H2,1H3,(H,26,28). The number of alkyl halides is 3. The van der Waals surface area contributed by atoms with Gasteiger partial charge >= 0.3 is 6.18 Å². The third kappa shape index (κ3) is 3.82. The first-order valence-corrected chi connectivity index (χ1v) is 10.0. The number of halogens is 3. The first kappa shape index (κ1) is 20.2. The van der Waals surface area contributed by atoms with Gasteiger partial charge in [0, 0.05) is 21.7 Å². The molecule has 2 aromatic carbocycles. The molecule has 0 saturated carbocycles. The van der Waals surface area contributed by atoms with E-state index in [9.17, 15) is 22.8 Å². The van der Waals surface area contributed by atoms with Crippen molar-refractivity contribution in [2.45, 2.75) is 19.1 Å². The van der Waals surface area contributed by atoms with Gasteiger partial charge in [-0.2, -0.15) is 13.2 Å². The topological polar surface area (TPSA) is 49.4 Å². The van der Waals surface area contributed by atoms with Crippen LogP contribution in [0.2, 0.25) is 0 Å². The second-order valence-electron chi connectivity index (χ2n) is 7.07. The fraction of sp³-hybridized carbons (Fsp3) is 0.182. The number of carbonyl (C=O) groups excluding carboxylic acids is 2. The lowest BCUT2D eigenvalue weighted by molar-refractivity contribution is -0.137. The molecule has 3 aromatic rings. The van der Waals surface area contributed by atoms with E-state index in [1.165, 1.54) is 28.4 Å². The van der Waals surface area contributed by atoms with E-state index >= 15 is 0 Å². The Labute approximate surface area is 174 Å². The van der Waals surface area contributed by atoms with Crippen LogP contribution in [-0.4, -0.2) is 23.3 Å². The van der Waals surface area contributed by atoms with E-state index in [1.54, 1.807) is 6.07 Å². The molecule has 4 rings (SSSR count). The first-order chi connectivity index (χ1) is 14.2. The van der Waals surface area contributed by atoms with Crippen LogP contribution in [0.1, 0.15) is 38.0 Å². The Kier molecular flexibility index (Phi) is 5.11. The number of fused-ring (bicyclic) bond motifs is 1. The maximum absolute atomic E-state index is 13.4. The molecule has 1 unspecified atom stereocenters. The first-order valence-electron chi connectivity index (χ1n) is 9.16. The van der Waals surface area contributed by atoms with Gasteiger partial charge in [-0.05, 0) is 42.6 Å². The van der Waals surface area contributed by atoms with E-state index in [0.717, 1.165) is 28.1 Å². The Morgan fingerprint density at radius 3 is 2.63 bits per heavy atom. The van der Waals surface area contributed by atoms with E-state index < -0.39 is 29.6 Å². The largest absolute Gasteiger partial charge is 0.416 e. The van der Waals surface area contributed by atoms with Gasteiger partial charge in [-0.25, -0.2) is 0 Å². The molecule has 2 amide bonds. The summed E-state index contributed by atoms with van der Waals surface area (Å²) in [6.07, 6.45) is -4.57. The molecule has 0 aliphatic carbocycles. The third-order valence-corrected chi connectivity index (χ3v) is 5.84. The molecule has 1 aliphatic heterocycles. The van der Waals surface area contributed by atoms with Crippen LogP contribution in [0.4, 0.5) is 18.9 Å². The van der Waals surface area contributed by atoms with E-state index in [-0.39, 0.29) is 12.1 Å². The molecule has 1 aliphatic rings. The minimum absolute atomic E-state index is 0.115. The molecule has 4 nitrogen and oxygen atoms in total. The van der Waals surface area contributed by atoms with Crippen LogP contribution in [0, 0.1) is 6.92 Å². The van der Waals surface area contributed by atoms with Crippen molar-refractivity contribution in [1.29, 1.82) is 0 Å². The number of amides is 2. The summed E-state index contributed by atoms with van der Waals surface area (Å²) >= 11 is 1.42. The number of thiophene rings is 1. The maximum atomic E-state index is 13.4. The molecule has 2 heterocycles. The van der Waals surface area contributed by atoms with Gasteiger partial charge in [0.2, 0.25) is 5.91 Å². The van der Waals surface area contributed by atoms with Crippen LogP contribution in [0.25, 0.3) is 0 Å². The molecule has 154 valence electrons. The quantitative estimate of drug-likeness (QED) is 0.603. The van der Waals surface area contributed by atoms with Crippen molar-refractivity contribution in [2.75, 3.05) is 11.9 Å². The van der Waals surface area contributed by atoms with Crippen molar-refractivity contribution < 1.29 is 22.8 Å². The SMILES string of the molecule is Cc1ccc2c(c1)C(c1cccs1)N(C(=O)c1cccc(C(F)(F)F)c1)CC(=O)N2. The Morgan fingerprint density at radius 1 is 1.13 bits per heavy atom. The van der Waals surface area contributed by atoms with E-state index in [1.807, 2.05) is 36.6 Å². The number of rotatable bonds is 2. The zero-order valence-electron chi connectivity index (χ0n) is 15.9. The Morgan fingerprint density at radius 2 is 1.93 bits per heavy atom. The molecule has 0 spiro atoms. The second-order valence-corrected chi connectivity index (χ2v) is 8.05. The smallest absolute Gasteiger partial charge is 0.324 e. The molecule has 8 heteroatoms. The van der Waals surface area contributed by atoms with E-state index in [2.05, 4.69) is 5.32 Å². The minimum Gasteiger partial charge on any atom is -0.324 e. The van der Waals surface area contributed by atoms with Crippen molar-refractivity contribution in [3.05, 3.63) is 87.1 Å². The summed E-state index contributed by atoms with van der Waals surface area (Å²) in [5.74, 6) is -1.04. The molecule has 1 N–H and O–H groups in total. The van der Waals surface area contributed by atoms with Crippen LogP contribution in [0.15, 0.2) is 60.0 Å². The zero-order chi connectivity index (χ0) is 21.5. The van der Waals surface area contributed by atoms with Gasteiger partial charge < -0.3 is 10.2 Å². The molecule has 0 saturated heterocycles. The molecule has 0 fully saturated rings. The summed E-state index contributed by atoms with van der Waals surface area (Å²) < 4.78 is 39.5. The Bertz CT molecular complexity index is 1110. The summed E-state index contributed by atoms with van der Waals surface area (Å²) in [5, 5.41) is 4.66. The van der Waals surface area contributed by atoms with Gasteiger partial charge in [0.15, 0.2) is 0 Å². The zero-order valence-corrected chi connectivity index (χ0v) is 16.7. The fourth-order valence-electron chi connectivity index (χ4n) is 3.56. The number of benzene rings is 2. The van der Waals surface area contributed by atoms with Crippen LogP contribution < -0.4 is 5.32 Å². The summed E-state index contributed by atoms with van der Waals surface area (Å²) in [6, 6.07) is 12.9. The van der Waals surface area contributed by atoms with Crippen molar-refractivity contribution in [1.82, 2.24) is 4.90 Å². The van der Waals surface area contributed by atoms with Gasteiger partial charge in [0.1, 0.15) is 6.54 Å². The highest BCUT2D eigenvalue weighted by atomic mass is 32.1. The van der Waals surface area contributed by atoms with Gasteiger partial charge in [-0.15, -0.1) is 11.3 Å². The van der Waals surface area contributed by atoms with Gasteiger partial charge in [0.25, 0.3) is 5.91 Å². The van der Waals surface area contributed by atoms with Crippen LogP contribution in [-0.2, 0) is 11.0 Å². The molecular formula is C22H17F3N2O2S. The van der Waals surface area contributed by atoms with Gasteiger partial charge in [0.05, 0.1) is 11.6 Å². The predicted molar refractivity (Wildman–Crippen MR) is 108 cm³/mol. The molecular weight excluding hydrogens is 413 g/mol. The highest BCUT2D eigenvalue weighted by Gasteiger charge is 2.36. The summed E-state index contributed by atoms with van der Waals surface area (Å²) in [4.78, 5) is 28.1. The number of nitrogens with zero attached hydrogens (tertiary/aromatic N) is 1. The average Bonchev–Trinajstić information content (AvgIpc) is 3.18. The highest BCUT2D eigenvalue weighted by molar-refractivity contribution is 7.10. The average molecular weight is 430 g/mol. The monoisotopic (exact) mass is 430 g/mol. The predicted octanol–water partition coefficient (Wildman–Crippen LogP) is 5.26. The van der Waals surface area contributed by atoms with Crippen molar-refractivity contribution >= 4 is 28.8 Å². The van der Waals surface area contributed by atoms with Crippen LogP contribution in [0.5, 0.6) is 0 Å². The van der Waals surface area contributed by atoms with E-state index in [4.69, 9.17) is 0 Å². The number of aryl methyl sites for hydroxylation is 1. The third-order valence-electron chi connectivity index (χ3n) is 4.91. The summed E-state index contributed by atoms with van der Waals surface area (Å²) in [6.45, 7) is 1.63. The minimum atomic E-state index is -4.57. The van der Waals surface area contributed by atoms with Gasteiger partial charge in [-0.1, -0.05) is 29.8 Å². The lowest BCUT2D eigenvalue weighted by atomic mass is 9.98. The van der Waals surface area contributed by atoms with Crippen molar-refractivity contribution in [3.8, 4) is 0 Å². The number of hydrogen-bond donors (Lipinski definition) is 1. The molecule has 30 heavy (non-hydrogen) atoms. The fourth-order valence-corrected chi connectivity index (χ4v) is 4.42. The second kappa shape index (κ2) is 7.60. The normalized spacial score (nSPS) is 16.6. The number of hydrogen-bond acceptors (Lipinski definition) is 3. The van der Waals surface area contributed by atoms with Crippen molar-refractivity contribution in [2.24, 2.45) is 0 Å². The summed E-state index contributed by atoms with van der Waals surface area (Å²) in [5.41, 5.74) is 1.23. The number of carbonyl (C=O) groups is 2. The lowest BCUT2D eigenvalue weighted by Crippen LogP contribution is -2.38. The lowest BCUT2D eigenvalue weighted by Gasteiger charge is -2.30. The van der Waals surface area contributed by atoms with Crippen molar-refractivity contribution in [3.63, 3.8) is 0 Å². The van der Waals surface area contributed by atoms with Crippen LogP contribution >= 0.6 is 11.3 Å². The molecule has 1 atom stereocenters. The van der Waals surface area contributed by atoms with Gasteiger partial charge in [-0.3, -0.25) is 9.59 Å². The maximum Gasteiger partial charge on any atom is 0.416 e. The highest BCUT2D eigenvalue weighted by Crippen LogP contribution is 2.39. The van der Waals surface area contributed by atoms with Crippen LogP contribution in [0.3, 0.4) is 0 Å². The molecule has 0 bridgehead atoms. The Balaban J connectivity index is 1.84. The molecule has 1 aromatic heterocycles. The number of anilines is 1. The number of nitrogens with one attached hydrogen (secondary N) is 1. The summed E-state index contributed by atoms with van der Waals surface area (Å²) in [7, 11) is 0. The molecule has 0 radical (unpaired) electrons. The van der Waals surface area contributed by atoms with E-state index in [0.29, 0.717) is 5.69 Å².